The van der Waals surface area contributed by atoms with Crippen molar-refractivity contribution >= 4 is 11.1 Å². The molecule has 0 saturated carbocycles. The molecule has 0 unspecified atom stereocenters. The summed E-state index contributed by atoms with van der Waals surface area (Å²) >= 11 is 0. The minimum atomic E-state index is 0.389. The number of hydrogen-bond donors (Lipinski definition) is 0. The van der Waals surface area contributed by atoms with Crippen molar-refractivity contribution in [2.75, 3.05) is 0 Å². The van der Waals surface area contributed by atoms with Gasteiger partial charge in [-0.3, -0.25) is 4.98 Å². The van der Waals surface area contributed by atoms with Gasteiger partial charge in [0.15, 0.2) is 5.58 Å². The molecule has 0 aliphatic heterocycles. The number of aryl methyl sites for hydroxylation is 1. The molecule has 2 heterocycles. The predicted molar refractivity (Wildman–Crippen MR) is 38.7 cm³/mol. The van der Waals surface area contributed by atoms with Crippen LogP contribution in [0.15, 0.2) is 28.8 Å². The minimum absolute atomic E-state index is 0.389. The van der Waals surface area contributed by atoms with E-state index in [9.17, 15) is 0 Å². The molecule has 50 valence electrons. The molecule has 2 heteroatoms. The number of nitrogens with zero attached hydrogens (tertiary/aromatic N) is 1. The summed E-state index contributed by atoms with van der Waals surface area (Å²) in [6.45, 7) is 1.77. The summed E-state index contributed by atoms with van der Waals surface area (Å²) in [4.78, 5) is 4.02. The van der Waals surface area contributed by atoms with Crippen LogP contribution in [0.5, 0.6) is 0 Å². The van der Waals surface area contributed by atoms with Crippen LogP contribution in [-0.2, 0) is 0 Å². The molecule has 0 amide bonds. The largest absolute Gasteiger partial charge is 0.460 e. The van der Waals surface area contributed by atoms with Crippen LogP contribution in [0.3, 0.4) is 0 Å². The second kappa shape index (κ2) is 1.84. The molecule has 0 aliphatic rings. The van der Waals surface area contributed by atoms with Crippen molar-refractivity contribution in [1.82, 2.24) is 4.98 Å². The molecule has 2 nitrogen and oxygen atoms in total. The molecule has 0 fully saturated rings. The Hall–Kier alpha value is -1.31. The number of hydrogen-bond acceptors (Lipinski definition) is 2. The quantitative estimate of drug-likeness (QED) is 0.551. The molecule has 0 aliphatic carbocycles. The molecule has 0 bridgehead atoms. The highest BCUT2D eigenvalue weighted by Crippen LogP contribution is 2.14. The number of fused-ring (bicyclic) bond motifs is 1. The second-order valence-corrected chi connectivity index (χ2v) is 2.13. The minimum Gasteiger partial charge on any atom is -0.460 e. The van der Waals surface area contributed by atoms with Crippen LogP contribution >= 0.6 is 0 Å². The summed E-state index contributed by atoms with van der Waals surface area (Å²) in [5.74, 6) is 0.624. The van der Waals surface area contributed by atoms with Gasteiger partial charge in [0.25, 0.3) is 0 Å². The first-order valence-corrected chi connectivity index (χ1v) is 3.10. The van der Waals surface area contributed by atoms with Crippen molar-refractivity contribution in [1.29, 1.82) is 0 Å². The summed E-state index contributed by atoms with van der Waals surface area (Å²) in [5.41, 5.74) is 1.33. The Balaban J connectivity index is 2.92. The van der Waals surface area contributed by atoms with Crippen LogP contribution in [0.25, 0.3) is 11.1 Å². The topological polar surface area (TPSA) is 26.0 Å². The van der Waals surface area contributed by atoms with Crippen molar-refractivity contribution < 1.29 is 5.79 Å². The summed E-state index contributed by atoms with van der Waals surface area (Å²) < 4.78 is 12.8. The molecule has 0 atom stereocenters. The van der Waals surface area contributed by atoms with Crippen LogP contribution in [0, 0.1) is 6.92 Å². The van der Waals surface area contributed by atoms with E-state index in [1.54, 1.807) is 19.2 Å². The van der Waals surface area contributed by atoms with E-state index in [0.29, 0.717) is 22.9 Å². The standard InChI is InChI=1S/C8H7NO/c1-6-5-7-8(10-6)3-2-4-9-7/h2-5H,1H3/i5D. The lowest BCUT2D eigenvalue weighted by Gasteiger charge is -1.81. The van der Waals surface area contributed by atoms with E-state index >= 15 is 0 Å². The molecule has 2 aromatic rings. The third kappa shape index (κ3) is 0.692. The highest BCUT2D eigenvalue weighted by Gasteiger charge is 1.96. The van der Waals surface area contributed by atoms with Crippen LogP contribution < -0.4 is 0 Å². The maximum Gasteiger partial charge on any atom is 0.152 e. The van der Waals surface area contributed by atoms with Gasteiger partial charge >= 0.3 is 0 Å². The predicted octanol–water partition coefficient (Wildman–Crippen LogP) is 2.14. The zero-order valence-electron chi connectivity index (χ0n) is 6.59. The molecule has 0 aromatic carbocycles. The third-order valence-corrected chi connectivity index (χ3v) is 1.33. The second-order valence-electron chi connectivity index (χ2n) is 2.13. The van der Waals surface area contributed by atoms with Crippen molar-refractivity contribution in [3.05, 3.63) is 30.1 Å². The van der Waals surface area contributed by atoms with Gasteiger partial charge < -0.3 is 4.42 Å². The lowest BCUT2D eigenvalue weighted by Crippen LogP contribution is -1.66. The van der Waals surface area contributed by atoms with Gasteiger partial charge in [0.2, 0.25) is 0 Å². The van der Waals surface area contributed by atoms with Crippen molar-refractivity contribution in [3.63, 3.8) is 0 Å². The van der Waals surface area contributed by atoms with Gasteiger partial charge in [0, 0.05) is 12.2 Å². The first kappa shape index (κ1) is 4.50. The number of rotatable bonds is 0. The molecular weight excluding hydrogens is 126 g/mol. The van der Waals surface area contributed by atoms with Gasteiger partial charge in [-0.05, 0) is 19.1 Å². The van der Waals surface area contributed by atoms with E-state index in [-0.39, 0.29) is 0 Å². The molecule has 2 aromatic heterocycles. The SMILES string of the molecule is [2H]c1c(C)oc2cccnc12. The molecule has 2 rings (SSSR count). The molecular formula is C8H7NO. The average Bonchev–Trinajstić information content (AvgIpc) is 2.30. The Kier molecular flexibility index (Phi) is 0.826. The van der Waals surface area contributed by atoms with E-state index in [1.807, 2.05) is 6.07 Å². The summed E-state index contributed by atoms with van der Waals surface area (Å²) in [6, 6.07) is 4.00. The maximum absolute atomic E-state index is 7.51. The summed E-state index contributed by atoms with van der Waals surface area (Å²) in [7, 11) is 0. The van der Waals surface area contributed by atoms with Crippen molar-refractivity contribution in [2.24, 2.45) is 0 Å². The van der Waals surface area contributed by atoms with Crippen LogP contribution in [0.4, 0.5) is 0 Å². The molecule has 0 spiro atoms. The Bertz CT molecular complexity index is 394. The Morgan fingerprint density at radius 2 is 2.60 bits per heavy atom. The Morgan fingerprint density at radius 1 is 1.70 bits per heavy atom. The normalized spacial score (nSPS) is 11.9. The van der Waals surface area contributed by atoms with Gasteiger partial charge in [0.1, 0.15) is 11.3 Å². The zero-order valence-corrected chi connectivity index (χ0v) is 5.59. The van der Waals surface area contributed by atoms with Crippen LogP contribution in [-0.4, -0.2) is 4.98 Å². The molecule has 0 radical (unpaired) electrons. The van der Waals surface area contributed by atoms with E-state index in [0.717, 1.165) is 0 Å². The lowest BCUT2D eigenvalue weighted by atomic mass is 10.4. The zero-order chi connectivity index (χ0) is 7.84. The first-order chi connectivity index (χ1) is 5.29. The molecule has 0 saturated heterocycles. The number of aromatic nitrogens is 1. The highest BCUT2D eigenvalue weighted by atomic mass is 16.3. The van der Waals surface area contributed by atoms with E-state index in [4.69, 9.17) is 5.79 Å². The monoisotopic (exact) mass is 134 g/mol. The number of pyridine rings is 1. The Morgan fingerprint density at radius 3 is 3.40 bits per heavy atom. The van der Waals surface area contributed by atoms with Gasteiger partial charge in [0.05, 0.1) is 1.37 Å². The smallest absolute Gasteiger partial charge is 0.152 e. The number of furan rings is 1. The van der Waals surface area contributed by atoms with E-state index < -0.39 is 0 Å². The van der Waals surface area contributed by atoms with E-state index in [1.165, 1.54) is 0 Å². The first-order valence-electron chi connectivity index (χ1n) is 3.60. The fourth-order valence-corrected chi connectivity index (χ4v) is 0.924. The Labute approximate surface area is 59.9 Å². The highest BCUT2D eigenvalue weighted by molar-refractivity contribution is 5.72. The summed E-state index contributed by atoms with van der Waals surface area (Å²) in [6.07, 6.45) is 1.66. The van der Waals surface area contributed by atoms with Gasteiger partial charge in [-0.2, -0.15) is 0 Å². The van der Waals surface area contributed by atoms with Gasteiger partial charge in [-0.1, -0.05) is 0 Å². The van der Waals surface area contributed by atoms with Gasteiger partial charge in [-0.25, -0.2) is 0 Å². The van der Waals surface area contributed by atoms with E-state index in [2.05, 4.69) is 4.98 Å². The summed E-state index contributed by atoms with van der Waals surface area (Å²) in [5, 5.41) is 0. The average molecular weight is 134 g/mol. The fraction of sp³-hybridized carbons (Fsp3) is 0.125. The fourth-order valence-electron chi connectivity index (χ4n) is 0.924. The molecule has 0 N–H and O–H groups in total. The molecule has 10 heavy (non-hydrogen) atoms. The van der Waals surface area contributed by atoms with Crippen molar-refractivity contribution in [2.45, 2.75) is 6.92 Å². The van der Waals surface area contributed by atoms with Crippen LogP contribution in [0.1, 0.15) is 7.13 Å². The lowest BCUT2D eigenvalue weighted by molar-refractivity contribution is 0.578. The third-order valence-electron chi connectivity index (χ3n) is 1.33. The van der Waals surface area contributed by atoms with Gasteiger partial charge in [-0.15, -0.1) is 0 Å². The maximum atomic E-state index is 7.51. The van der Waals surface area contributed by atoms with Crippen molar-refractivity contribution in [3.8, 4) is 0 Å². The van der Waals surface area contributed by atoms with Crippen LogP contribution in [0.2, 0.25) is 0 Å².